The van der Waals surface area contributed by atoms with E-state index < -0.39 is 0 Å². The number of amides is 2. The van der Waals surface area contributed by atoms with Crippen LogP contribution in [0.15, 0.2) is 0 Å². The molecular formula is C16H30ClN3O2. The third-order valence-electron chi connectivity index (χ3n) is 4.52. The first-order chi connectivity index (χ1) is 10.1. The molecule has 5 nitrogen and oxygen atoms in total. The topological polar surface area (TPSA) is 70.2 Å². The normalized spacial score (nSPS) is 24.0. The van der Waals surface area contributed by atoms with E-state index in [-0.39, 0.29) is 42.2 Å². The standard InChI is InChI=1S/C16H29N3O2.ClH/c1-12(18-16(21)13-6-3-2-4-7-13)10-15(20)19-14-8-5-9-17-11-14;/h12-14,17H,2-11H2,1H3,(H,18,21)(H,19,20);1H. The number of hydrogen-bond donors (Lipinski definition) is 3. The molecule has 1 heterocycles. The van der Waals surface area contributed by atoms with Gasteiger partial charge < -0.3 is 16.0 Å². The minimum Gasteiger partial charge on any atom is -0.353 e. The van der Waals surface area contributed by atoms with E-state index in [1.54, 1.807) is 0 Å². The first kappa shape index (κ1) is 19.2. The summed E-state index contributed by atoms with van der Waals surface area (Å²) in [7, 11) is 0. The van der Waals surface area contributed by atoms with Crippen LogP contribution in [0.5, 0.6) is 0 Å². The first-order valence-electron chi connectivity index (χ1n) is 8.45. The van der Waals surface area contributed by atoms with Crippen LogP contribution in [0.2, 0.25) is 0 Å². The Balaban J connectivity index is 0.00000242. The monoisotopic (exact) mass is 331 g/mol. The summed E-state index contributed by atoms with van der Waals surface area (Å²) >= 11 is 0. The number of piperidine rings is 1. The molecule has 1 saturated carbocycles. The van der Waals surface area contributed by atoms with Gasteiger partial charge in [-0.05, 0) is 39.2 Å². The number of nitrogens with one attached hydrogen (secondary N) is 3. The minimum absolute atomic E-state index is 0. The molecule has 0 aromatic rings. The maximum Gasteiger partial charge on any atom is 0.223 e. The molecule has 0 aromatic carbocycles. The predicted molar refractivity (Wildman–Crippen MR) is 90.1 cm³/mol. The average molecular weight is 332 g/mol. The Morgan fingerprint density at radius 1 is 1.14 bits per heavy atom. The first-order valence-corrected chi connectivity index (χ1v) is 8.45. The lowest BCUT2D eigenvalue weighted by Crippen LogP contribution is -2.47. The van der Waals surface area contributed by atoms with Crippen molar-refractivity contribution < 1.29 is 9.59 Å². The fourth-order valence-electron chi connectivity index (χ4n) is 3.32. The van der Waals surface area contributed by atoms with Crippen LogP contribution < -0.4 is 16.0 Å². The lowest BCUT2D eigenvalue weighted by molar-refractivity contribution is -0.127. The highest BCUT2D eigenvalue weighted by Crippen LogP contribution is 2.23. The van der Waals surface area contributed by atoms with E-state index in [2.05, 4.69) is 16.0 Å². The molecule has 2 unspecified atom stereocenters. The number of rotatable bonds is 5. The number of hydrogen-bond acceptors (Lipinski definition) is 3. The summed E-state index contributed by atoms with van der Waals surface area (Å²) in [5, 5.41) is 9.34. The maximum absolute atomic E-state index is 12.1. The van der Waals surface area contributed by atoms with Crippen LogP contribution in [0.3, 0.4) is 0 Å². The highest BCUT2D eigenvalue weighted by molar-refractivity contribution is 5.85. The van der Waals surface area contributed by atoms with Crippen LogP contribution in [-0.4, -0.2) is 37.0 Å². The largest absolute Gasteiger partial charge is 0.353 e. The van der Waals surface area contributed by atoms with Gasteiger partial charge in [0, 0.05) is 31.0 Å². The molecule has 2 amide bonds. The van der Waals surface area contributed by atoms with Crippen molar-refractivity contribution in [1.82, 2.24) is 16.0 Å². The Kier molecular flexibility index (Phi) is 8.79. The molecule has 1 saturated heterocycles. The lowest BCUT2D eigenvalue weighted by atomic mass is 9.88. The van der Waals surface area contributed by atoms with Gasteiger partial charge in [0.15, 0.2) is 0 Å². The Bertz CT molecular complexity index is 353. The van der Waals surface area contributed by atoms with Crippen LogP contribution in [0.4, 0.5) is 0 Å². The predicted octanol–water partition coefficient (Wildman–Crippen LogP) is 1.75. The molecule has 22 heavy (non-hydrogen) atoms. The van der Waals surface area contributed by atoms with Crippen LogP contribution in [0, 0.1) is 5.92 Å². The molecule has 1 aliphatic heterocycles. The quantitative estimate of drug-likeness (QED) is 0.719. The molecule has 2 atom stereocenters. The molecular weight excluding hydrogens is 302 g/mol. The van der Waals surface area contributed by atoms with E-state index in [1.807, 2.05) is 6.92 Å². The fourth-order valence-corrected chi connectivity index (χ4v) is 3.32. The summed E-state index contributed by atoms with van der Waals surface area (Å²) in [5.41, 5.74) is 0. The second kappa shape index (κ2) is 10.1. The van der Waals surface area contributed by atoms with Gasteiger partial charge in [-0.1, -0.05) is 19.3 Å². The molecule has 2 rings (SSSR count). The van der Waals surface area contributed by atoms with Gasteiger partial charge in [0.2, 0.25) is 11.8 Å². The molecule has 2 fully saturated rings. The highest BCUT2D eigenvalue weighted by atomic mass is 35.5. The van der Waals surface area contributed by atoms with Gasteiger partial charge in [-0.25, -0.2) is 0 Å². The number of carbonyl (C=O) groups excluding carboxylic acids is 2. The van der Waals surface area contributed by atoms with Gasteiger partial charge in [-0.3, -0.25) is 9.59 Å². The van der Waals surface area contributed by atoms with Crippen molar-refractivity contribution in [1.29, 1.82) is 0 Å². The van der Waals surface area contributed by atoms with Gasteiger partial charge in [-0.2, -0.15) is 0 Å². The lowest BCUT2D eigenvalue weighted by Gasteiger charge is -2.25. The fraction of sp³-hybridized carbons (Fsp3) is 0.875. The second-order valence-electron chi connectivity index (χ2n) is 6.56. The van der Waals surface area contributed by atoms with Crippen molar-refractivity contribution in [3.8, 4) is 0 Å². The Morgan fingerprint density at radius 2 is 1.86 bits per heavy atom. The summed E-state index contributed by atoms with van der Waals surface area (Å²) in [6, 6.07) is 0.156. The Hall–Kier alpha value is -0.810. The summed E-state index contributed by atoms with van der Waals surface area (Å²) in [4.78, 5) is 24.1. The molecule has 0 aromatic heterocycles. The SMILES string of the molecule is CC(CC(=O)NC1CCCNC1)NC(=O)C1CCCCC1.Cl. The van der Waals surface area contributed by atoms with E-state index in [4.69, 9.17) is 0 Å². The van der Waals surface area contributed by atoms with Crippen molar-refractivity contribution >= 4 is 24.2 Å². The summed E-state index contributed by atoms with van der Waals surface area (Å²) in [5.74, 6) is 0.335. The van der Waals surface area contributed by atoms with Crippen LogP contribution in [-0.2, 0) is 9.59 Å². The van der Waals surface area contributed by atoms with Gasteiger partial charge >= 0.3 is 0 Å². The third kappa shape index (κ3) is 6.53. The van der Waals surface area contributed by atoms with E-state index in [0.29, 0.717) is 6.42 Å². The Labute approximate surface area is 139 Å². The van der Waals surface area contributed by atoms with Crippen molar-refractivity contribution in [2.75, 3.05) is 13.1 Å². The number of halogens is 1. The van der Waals surface area contributed by atoms with E-state index >= 15 is 0 Å². The van der Waals surface area contributed by atoms with Crippen LogP contribution >= 0.6 is 12.4 Å². The zero-order valence-electron chi connectivity index (χ0n) is 13.5. The molecule has 0 bridgehead atoms. The third-order valence-corrected chi connectivity index (χ3v) is 4.52. The second-order valence-corrected chi connectivity index (χ2v) is 6.56. The molecule has 6 heteroatoms. The van der Waals surface area contributed by atoms with Gasteiger partial charge in [0.1, 0.15) is 0 Å². The number of carbonyl (C=O) groups is 2. The zero-order valence-corrected chi connectivity index (χ0v) is 14.3. The smallest absolute Gasteiger partial charge is 0.223 e. The minimum atomic E-state index is -0.0871. The van der Waals surface area contributed by atoms with Crippen molar-refractivity contribution in [2.24, 2.45) is 5.92 Å². The van der Waals surface area contributed by atoms with Gasteiger partial charge in [0.05, 0.1) is 0 Å². The van der Waals surface area contributed by atoms with Gasteiger partial charge in [-0.15, -0.1) is 12.4 Å². The molecule has 0 radical (unpaired) electrons. The molecule has 2 aliphatic rings. The molecule has 3 N–H and O–H groups in total. The van der Waals surface area contributed by atoms with E-state index in [0.717, 1.165) is 51.6 Å². The van der Waals surface area contributed by atoms with Crippen molar-refractivity contribution in [2.45, 2.75) is 70.4 Å². The summed E-state index contributed by atoms with van der Waals surface area (Å²) < 4.78 is 0. The highest BCUT2D eigenvalue weighted by Gasteiger charge is 2.23. The summed E-state index contributed by atoms with van der Waals surface area (Å²) in [6.45, 7) is 3.81. The van der Waals surface area contributed by atoms with Crippen LogP contribution in [0.25, 0.3) is 0 Å². The van der Waals surface area contributed by atoms with Gasteiger partial charge in [0.25, 0.3) is 0 Å². The molecule has 0 spiro atoms. The molecule has 1 aliphatic carbocycles. The Morgan fingerprint density at radius 3 is 2.50 bits per heavy atom. The van der Waals surface area contributed by atoms with Crippen LogP contribution in [0.1, 0.15) is 58.3 Å². The summed E-state index contributed by atoms with van der Waals surface area (Å²) in [6.07, 6.45) is 8.08. The van der Waals surface area contributed by atoms with E-state index in [9.17, 15) is 9.59 Å². The molecule has 128 valence electrons. The van der Waals surface area contributed by atoms with E-state index in [1.165, 1.54) is 6.42 Å². The van der Waals surface area contributed by atoms with Crippen molar-refractivity contribution in [3.05, 3.63) is 0 Å². The van der Waals surface area contributed by atoms with Crippen molar-refractivity contribution in [3.63, 3.8) is 0 Å². The average Bonchev–Trinajstić information content (AvgIpc) is 2.48. The maximum atomic E-state index is 12.1. The zero-order chi connectivity index (χ0) is 15.1.